The maximum atomic E-state index is 9.30. The summed E-state index contributed by atoms with van der Waals surface area (Å²) in [6.07, 6.45) is 3.85. The van der Waals surface area contributed by atoms with Gasteiger partial charge in [-0.05, 0) is 37.5 Å². The number of aliphatic hydroxyl groups is 1. The van der Waals surface area contributed by atoms with Crippen LogP contribution in [0.15, 0.2) is 30.3 Å². The Kier molecular flexibility index (Phi) is 3.99. The zero-order valence-electron chi connectivity index (χ0n) is 12.0. The number of fused-ring (bicyclic) bond motifs is 1. The molecule has 0 aliphatic heterocycles. The van der Waals surface area contributed by atoms with Crippen LogP contribution in [-0.4, -0.2) is 34.2 Å². The summed E-state index contributed by atoms with van der Waals surface area (Å²) in [5.41, 5.74) is 3.46. The molecule has 3 heteroatoms. The van der Waals surface area contributed by atoms with Crippen LogP contribution in [0.5, 0.6) is 0 Å². The van der Waals surface area contributed by atoms with Crippen molar-refractivity contribution in [1.82, 2.24) is 9.88 Å². The highest BCUT2D eigenvalue weighted by atomic mass is 16.3. The summed E-state index contributed by atoms with van der Waals surface area (Å²) in [5, 5.41) is 10.5. The number of aryl methyl sites for hydroxylation is 1. The highest BCUT2D eigenvalue weighted by molar-refractivity contribution is 5.82. The molecule has 0 bridgehead atoms. The Morgan fingerprint density at radius 1 is 1.30 bits per heavy atom. The standard InChI is InChI=1S/C17H22N2O/c1-13-11-14(16-7-2-3-8-17(16)18-13)12-19(9-10-20)15-5-4-6-15/h2-3,7-8,11,15,20H,4-6,9-10,12H2,1H3. The molecular formula is C17H22N2O. The summed E-state index contributed by atoms with van der Waals surface area (Å²) in [4.78, 5) is 7.02. The van der Waals surface area contributed by atoms with E-state index >= 15 is 0 Å². The van der Waals surface area contributed by atoms with E-state index in [-0.39, 0.29) is 6.61 Å². The van der Waals surface area contributed by atoms with Gasteiger partial charge in [-0.25, -0.2) is 0 Å². The van der Waals surface area contributed by atoms with Gasteiger partial charge in [0.05, 0.1) is 12.1 Å². The van der Waals surface area contributed by atoms with Crippen molar-refractivity contribution in [2.75, 3.05) is 13.2 Å². The van der Waals surface area contributed by atoms with E-state index in [1.807, 2.05) is 6.07 Å². The van der Waals surface area contributed by atoms with Crippen LogP contribution in [0, 0.1) is 6.92 Å². The first-order chi connectivity index (χ1) is 9.78. The number of hydrogen-bond acceptors (Lipinski definition) is 3. The zero-order chi connectivity index (χ0) is 13.9. The highest BCUT2D eigenvalue weighted by Gasteiger charge is 2.24. The first kappa shape index (κ1) is 13.5. The van der Waals surface area contributed by atoms with Gasteiger partial charge >= 0.3 is 0 Å². The smallest absolute Gasteiger partial charge is 0.0708 e. The van der Waals surface area contributed by atoms with E-state index in [0.29, 0.717) is 6.04 Å². The summed E-state index contributed by atoms with van der Waals surface area (Å²) < 4.78 is 0. The van der Waals surface area contributed by atoms with Crippen LogP contribution in [-0.2, 0) is 6.54 Å². The molecule has 1 saturated carbocycles. The van der Waals surface area contributed by atoms with Crippen LogP contribution in [0.25, 0.3) is 10.9 Å². The number of rotatable bonds is 5. The van der Waals surface area contributed by atoms with Gasteiger partial charge < -0.3 is 5.11 Å². The van der Waals surface area contributed by atoms with Gasteiger partial charge in [0, 0.05) is 30.2 Å². The van der Waals surface area contributed by atoms with Gasteiger partial charge in [0.1, 0.15) is 0 Å². The van der Waals surface area contributed by atoms with Crippen LogP contribution in [0.3, 0.4) is 0 Å². The number of hydrogen-bond donors (Lipinski definition) is 1. The largest absolute Gasteiger partial charge is 0.395 e. The normalized spacial score (nSPS) is 15.8. The molecule has 1 aromatic carbocycles. The van der Waals surface area contributed by atoms with Gasteiger partial charge in [0.2, 0.25) is 0 Å². The van der Waals surface area contributed by atoms with E-state index in [0.717, 1.165) is 24.3 Å². The minimum atomic E-state index is 0.235. The zero-order valence-corrected chi connectivity index (χ0v) is 12.0. The third-order valence-electron chi connectivity index (χ3n) is 4.28. The first-order valence-corrected chi connectivity index (χ1v) is 7.48. The first-order valence-electron chi connectivity index (χ1n) is 7.48. The Morgan fingerprint density at radius 3 is 2.80 bits per heavy atom. The predicted octanol–water partition coefficient (Wildman–Crippen LogP) is 2.89. The van der Waals surface area contributed by atoms with Crippen LogP contribution in [0.1, 0.15) is 30.5 Å². The Balaban J connectivity index is 1.91. The molecule has 2 aromatic rings. The highest BCUT2D eigenvalue weighted by Crippen LogP contribution is 2.27. The molecule has 1 aliphatic rings. The third kappa shape index (κ3) is 2.69. The van der Waals surface area contributed by atoms with Crippen molar-refractivity contribution >= 4 is 10.9 Å². The van der Waals surface area contributed by atoms with Crippen molar-refractivity contribution in [2.24, 2.45) is 0 Å². The lowest BCUT2D eigenvalue weighted by molar-refractivity contribution is 0.0949. The quantitative estimate of drug-likeness (QED) is 0.907. The molecule has 0 radical (unpaired) electrons. The fraction of sp³-hybridized carbons (Fsp3) is 0.471. The maximum absolute atomic E-state index is 9.30. The lowest BCUT2D eigenvalue weighted by Gasteiger charge is -2.37. The number of nitrogens with zero attached hydrogens (tertiary/aromatic N) is 2. The fourth-order valence-electron chi connectivity index (χ4n) is 3.02. The monoisotopic (exact) mass is 270 g/mol. The van der Waals surface area contributed by atoms with Gasteiger partial charge in [-0.2, -0.15) is 0 Å². The number of aliphatic hydroxyl groups excluding tert-OH is 1. The molecule has 1 aromatic heterocycles. The lowest BCUT2D eigenvalue weighted by Crippen LogP contribution is -2.41. The van der Waals surface area contributed by atoms with E-state index in [1.165, 1.54) is 30.2 Å². The number of aromatic nitrogens is 1. The molecule has 1 N–H and O–H groups in total. The molecule has 0 atom stereocenters. The molecule has 106 valence electrons. The fourth-order valence-corrected chi connectivity index (χ4v) is 3.02. The topological polar surface area (TPSA) is 36.4 Å². The van der Waals surface area contributed by atoms with Crippen molar-refractivity contribution in [1.29, 1.82) is 0 Å². The van der Waals surface area contributed by atoms with E-state index in [4.69, 9.17) is 0 Å². The molecule has 0 spiro atoms. The van der Waals surface area contributed by atoms with Crippen molar-refractivity contribution in [3.05, 3.63) is 41.6 Å². The molecule has 1 fully saturated rings. The Labute approximate surface area is 120 Å². The van der Waals surface area contributed by atoms with Crippen molar-refractivity contribution < 1.29 is 5.11 Å². The second-order valence-electron chi connectivity index (χ2n) is 5.72. The van der Waals surface area contributed by atoms with Gasteiger partial charge in [0.15, 0.2) is 0 Å². The number of benzene rings is 1. The van der Waals surface area contributed by atoms with Crippen LogP contribution in [0.2, 0.25) is 0 Å². The Hall–Kier alpha value is -1.45. The molecule has 3 nitrogen and oxygen atoms in total. The molecular weight excluding hydrogens is 248 g/mol. The second-order valence-corrected chi connectivity index (χ2v) is 5.72. The summed E-state index contributed by atoms with van der Waals surface area (Å²) in [6, 6.07) is 11.2. The predicted molar refractivity (Wildman–Crippen MR) is 81.6 cm³/mol. The van der Waals surface area contributed by atoms with Gasteiger partial charge in [-0.3, -0.25) is 9.88 Å². The second kappa shape index (κ2) is 5.90. The molecule has 1 aliphatic carbocycles. The van der Waals surface area contributed by atoms with Crippen LogP contribution < -0.4 is 0 Å². The lowest BCUT2D eigenvalue weighted by atomic mass is 9.91. The summed E-state index contributed by atoms with van der Waals surface area (Å²) in [5.74, 6) is 0. The SMILES string of the molecule is Cc1cc(CN(CCO)C2CCC2)c2ccccc2n1. The van der Waals surface area contributed by atoms with Crippen molar-refractivity contribution in [3.8, 4) is 0 Å². The average Bonchev–Trinajstić information content (AvgIpc) is 2.36. The molecule has 20 heavy (non-hydrogen) atoms. The average molecular weight is 270 g/mol. The van der Waals surface area contributed by atoms with Gasteiger partial charge in [-0.15, -0.1) is 0 Å². The van der Waals surface area contributed by atoms with E-state index in [2.05, 4.69) is 41.1 Å². The number of para-hydroxylation sites is 1. The van der Waals surface area contributed by atoms with Crippen molar-refractivity contribution in [2.45, 2.75) is 38.8 Å². The minimum Gasteiger partial charge on any atom is -0.395 e. The summed E-state index contributed by atoms with van der Waals surface area (Å²) in [6.45, 7) is 3.96. The molecule has 0 amide bonds. The van der Waals surface area contributed by atoms with Gasteiger partial charge in [-0.1, -0.05) is 24.6 Å². The van der Waals surface area contributed by atoms with E-state index < -0.39 is 0 Å². The maximum Gasteiger partial charge on any atom is 0.0708 e. The third-order valence-corrected chi connectivity index (χ3v) is 4.28. The number of pyridine rings is 1. The van der Waals surface area contributed by atoms with E-state index in [1.54, 1.807) is 0 Å². The molecule has 0 saturated heterocycles. The molecule has 1 heterocycles. The summed E-state index contributed by atoms with van der Waals surface area (Å²) >= 11 is 0. The van der Waals surface area contributed by atoms with Gasteiger partial charge in [0.25, 0.3) is 0 Å². The van der Waals surface area contributed by atoms with E-state index in [9.17, 15) is 5.11 Å². The van der Waals surface area contributed by atoms with Crippen molar-refractivity contribution in [3.63, 3.8) is 0 Å². The molecule has 3 rings (SSSR count). The Bertz CT molecular complexity index is 593. The Morgan fingerprint density at radius 2 is 2.10 bits per heavy atom. The minimum absolute atomic E-state index is 0.235. The van der Waals surface area contributed by atoms with Crippen LogP contribution >= 0.6 is 0 Å². The summed E-state index contributed by atoms with van der Waals surface area (Å²) in [7, 11) is 0. The molecule has 0 unspecified atom stereocenters. The van der Waals surface area contributed by atoms with Crippen LogP contribution in [0.4, 0.5) is 0 Å².